The highest BCUT2D eigenvalue weighted by molar-refractivity contribution is 5.86. The van der Waals surface area contributed by atoms with Crippen molar-refractivity contribution >= 4 is 22.5 Å². The Kier molecular flexibility index (Phi) is 3.59. The molecule has 0 atom stereocenters. The smallest absolute Gasteiger partial charge is 0.163 e. The molecule has 0 aliphatic heterocycles. The molecule has 4 rings (SSSR count). The topological polar surface area (TPSA) is 50.1 Å². The summed E-state index contributed by atoms with van der Waals surface area (Å²) in [6.07, 6.45) is 5.96. The Balaban J connectivity index is 1.67. The standard InChI is InChI=1S/C18H22N6/c1-22(2)14-6-4-13(5-7-14)11-24(15-8-9-15)18-16-10-21-23(3)17(16)19-12-20-18/h4-7,10,12,15H,8-9,11H2,1-3H3. The quantitative estimate of drug-likeness (QED) is 0.723. The van der Waals surface area contributed by atoms with Gasteiger partial charge in [0.05, 0.1) is 11.6 Å². The normalized spacial score (nSPS) is 14.1. The molecule has 1 aliphatic rings. The molecule has 1 fully saturated rings. The maximum Gasteiger partial charge on any atom is 0.163 e. The summed E-state index contributed by atoms with van der Waals surface area (Å²) in [5.41, 5.74) is 3.39. The van der Waals surface area contributed by atoms with E-state index in [2.05, 4.69) is 63.2 Å². The first-order valence-electron chi connectivity index (χ1n) is 8.29. The number of hydrogen-bond acceptors (Lipinski definition) is 5. The van der Waals surface area contributed by atoms with Gasteiger partial charge in [-0.3, -0.25) is 4.68 Å². The molecule has 0 spiro atoms. The third kappa shape index (κ3) is 2.68. The van der Waals surface area contributed by atoms with E-state index in [4.69, 9.17) is 0 Å². The fourth-order valence-corrected chi connectivity index (χ4v) is 3.04. The SMILES string of the molecule is CN(C)c1ccc(CN(c2ncnc3c2cnn3C)C2CC2)cc1. The van der Waals surface area contributed by atoms with E-state index in [9.17, 15) is 0 Å². The van der Waals surface area contributed by atoms with Crippen molar-refractivity contribution in [1.82, 2.24) is 19.7 Å². The minimum atomic E-state index is 0.567. The van der Waals surface area contributed by atoms with E-state index in [-0.39, 0.29) is 0 Å². The molecule has 0 saturated heterocycles. The Hall–Kier alpha value is -2.63. The van der Waals surface area contributed by atoms with Crippen molar-refractivity contribution in [2.75, 3.05) is 23.9 Å². The third-order valence-electron chi connectivity index (χ3n) is 4.57. The predicted molar refractivity (Wildman–Crippen MR) is 96.3 cm³/mol. The van der Waals surface area contributed by atoms with Crippen molar-refractivity contribution < 1.29 is 0 Å². The van der Waals surface area contributed by atoms with Crippen LogP contribution in [0.3, 0.4) is 0 Å². The predicted octanol–water partition coefficient (Wildman–Crippen LogP) is 2.60. The summed E-state index contributed by atoms with van der Waals surface area (Å²) in [7, 11) is 6.04. The minimum absolute atomic E-state index is 0.567. The van der Waals surface area contributed by atoms with Crippen LogP contribution in [0.5, 0.6) is 0 Å². The lowest BCUT2D eigenvalue weighted by molar-refractivity contribution is 0.775. The summed E-state index contributed by atoms with van der Waals surface area (Å²) >= 11 is 0. The zero-order valence-corrected chi connectivity index (χ0v) is 14.3. The van der Waals surface area contributed by atoms with E-state index in [0.29, 0.717) is 6.04 Å². The van der Waals surface area contributed by atoms with Gasteiger partial charge >= 0.3 is 0 Å². The van der Waals surface area contributed by atoms with E-state index in [1.165, 1.54) is 24.1 Å². The van der Waals surface area contributed by atoms with Crippen LogP contribution in [0.25, 0.3) is 11.0 Å². The van der Waals surface area contributed by atoms with E-state index in [1.807, 2.05) is 13.2 Å². The summed E-state index contributed by atoms with van der Waals surface area (Å²) < 4.78 is 1.80. The van der Waals surface area contributed by atoms with Gasteiger partial charge in [0.25, 0.3) is 0 Å². The fraction of sp³-hybridized carbons (Fsp3) is 0.389. The van der Waals surface area contributed by atoms with Gasteiger partial charge in [-0.2, -0.15) is 5.10 Å². The molecule has 124 valence electrons. The Morgan fingerprint density at radius 3 is 2.54 bits per heavy atom. The number of rotatable bonds is 5. The van der Waals surface area contributed by atoms with Gasteiger partial charge in [-0.25, -0.2) is 9.97 Å². The van der Waals surface area contributed by atoms with Crippen molar-refractivity contribution in [2.45, 2.75) is 25.4 Å². The number of hydrogen-bond donors (Lipinski definition) is 0. The van der Waals surface area contributed by atoms with E-state index in [1.54, 1.807) is 11.0 Å². The van der Waals surface area contributed by atoms with Gasteiger partial charge < -0.3 is 9.80 Å². The average Bonchev–Trinajstić information content (AvgIpc) is 3.36. The summed E-state index contributed by atoms with van der Waals surface area (Å²) in [4.78, 5) is 13.5. The van der Waals surface area contributed by atoms with Gasteiger partial charge in [0.1, 0.15) is 12.1 Å². The van der Waals surface area contributed by atoms with Crippen molar-refractivity contribution in [3.05, 3.63) is 42.4 Å². The van der Waals surface area contributed by atoms with Gasteiger partial charge in [-0.05, 0) is 30.5 Å². The fourth-order valence-electron chi connectivity index (χ4n) is 3.04. The highest BCUT2D eigenvalue weighted by Gasteiger charge is 2.31. The highest BCUT2D eigenvalue weighted by atomic mass is 15.3. The minimum Gasteiger partial charge on any atom is -0.378 e. The molecule has 0 bridgehead atoms. The maximum absolute atomic E-state index is 4.58. The van der Waals surface area contributed by atoms with Crippen LogP contribution in [0.1, 0.15) is 18.4 Å². The van der Waals surface area contributed by atoms with Gasteiger partial charge in [-0.15, -0.1) is 0 Å². The summed E-state index contributed by atoms with van der Waals surface area (Å²) in [5.74, 6) is 0.993. The van der Waals surface area contributed by atoms with Crippen LogP contribution in [0.4, 0.5) is 11.5 Å². The number of fused-ring (bicyclic) bond motifs is 1. The molecule has 0 N–H and O–H groups in total. The molecular weight excluding hydrogens is 300 g/mol. The average molecular weight is 322 g/mol. The molecule has 2 heterocycles. The van der Waals surface area contributed by atoms with Crippen LogP contribution in [-0.2, 0) is 13.6 Å². The Morgan fingerprint density at radius 2 is 1.88 bits per heavy atom. The molecule has 1 aliphatic carbocycles. The van der Waals surface area contributed by atoms with Crippen molar-refractivity contribution in [3.8, 4) is 0 Å². The van der Waals surface area contributed by atoms with Crippen LogP contribution in [0.2, 0.25) is 0 Å². The summed E-state index contributed by atoms with van der Waals surface area (Å²) in [6.45, 7) is 0.860. The molecule has 6 nitrogen and oxygen atoms in total. The molecule has 1 saturated carbocycles. The molecule has 0 unspecified atom stereocenters. The molecule has 0 radical (unpaired) electrons. The molecule has 1 aromatic carbocycles. The van der Waals surface area contributed by atoms with Gasteiger partial charge in [-0.1, -0.05) is 12.1 Å². The number of benzene rings is 1. The second-order valence-corrected chi connectivity index (χ2v) is 6.62. The Bertz CT molecular complexity index is 848. The zero-order chi connectivity index (χ0) is 16.7. The lowest BCUT2D eigenvalue weighted by Gasteiger charge is -2.24. The molecule has 24 heavy (non-hydrogen) atoms. The van der Waals surface area contributed by atoms with Crippen LogP contribution in [0.15, 0.2) is 36.8 Å². The van der Waals surface area contributed by atoms with Crippen LogP contribution < -0.4 is 9.80 Å². The van der Waals surface area contributed by atoms with Crippen molar-refractivity contribution in [3.63, 3.8) is 0 Å². The van der Waals surface area contributed by atoms with Crippen molar-refractivity contribution in [2.24, 2.45) is 7.05 Å². The van der Waals surface area contributed by atoms with E-state index < -0.39 is 0 Å². The number of anilines is 2. The van der Waals surface area contributed by atoms with E-state index >= 15 is 0 Å². The first-order valence-corrected chi connectivity index (χ1v) is 8.29. The van der Waals surface area contributed by atoms with Crippen LogP contribution in [0, 0.1) is 0 Å². The Labute approximate surface area is 141 Å². The zero-order valence-electron chi connectivity index (χ0n) is 14.3. The molecule has 2 aromatic heterocycles. The second-order valence-electron chi connectivity index (χ2n) is 6.62. The number of aromatic nitrogens is 4. The largest absolute Gasteiger partial charge is 0.378 e. The Morgan fingerprint density at radius 1 is 1.12 bits per heavy atom. The number of aryl methyl sites for hydroxylation is 1. The van der Waals surface area contributed by atoms with Crippen LogP contribution >= 0.6 is 0 Å². The second kappa shape index (κ2) is 5.78. The molecule has 0 amide bonds. The molecule has 3 aromatic rings. The lowest BCUT2D eigenvalue weighted by Crippen LogP contribution is -2.26. The molecule has 6 heteroatoms. The first-order chi connectivity index (χ1) is 11.6. The summed E-state index contributed by atoms with van der Waals surface area (Å²) in [6, 6.07) is 9.30. The van der Waals surface area contributed by atoms with Gasteiger partial charge in [0.2, 0.25) is 0 Å². The maximum atomic E-state index is 4.58. The highest BCUT2D eigenvalue weighted by Crippen LogP contribution is 2.35. The van der Waals surface area contributed by atoms with Gasteiger partial charge in [0.15, 0.2) is 5.65 Å². The number of nitrogens with zero attached hydrogens (tertiary/aromatic N) is 6. The summed E-state index contributed by atoms with van der Waals surface area (Å²) in [5, 5.41) is 5.36. The monoisotopic (exact) mass is 322 g/mol. The third-order valence-corrected chi connectivity index (χ3v) is 4.57. The first kappa shape index (κ1) is 14.9. The lowest BCUT2D eigenvalue weighted by atomic mass is 10.1. The van der Waals surface area contributed by atoms with E-state index in [0.717, 1.165) is 23.4 Å². The molecular formula is C18H22N6. The van der Waals surface area contributed by atoms with Crippen LogP contribution in [-0.4, -0.2) is 39.9 Å². The van der Waals surface area contributed by atoms with Crippen molar-refractivity contribution in [1.29, 1.82) is 0 Å². The van der Waals surface area contributed by atoms with Gasteiger partial charge in [0, 0.05) is 39.4 Å².